The summed E-state index contributed by atoms with van der Waals surface area (Å²) in [6.07, 6.45) is 2.76. The Morgan fingerprint density at radius 1 is 1.25 bits per heavy atom. The van der Waals surface area contributed by atoms with Gasteiger partial charge in [-0.05, 0) is 24.6 Å². The van der Waals surface area contributed by atoms with Crippen molar-refractivity contribution in [2.45, 2.75) is 32.5 Å². The number of benzene rings is 1. The molecule has 1 atom stereocenters. The van der Waals surface area contributed by atoms with Crippen LogP contribution in [0.4, 0.5) is 0 Å². The van der Waals surface area contributed by atoms with Crippen LogP contribution in [0.1, 0.15) is 23.1 Å². The lowest BCUT2D eigenvalue weighted by Gasteiger charge is -2.18. The van der Waals surface area contributed by atoms with Gasteiger partial charge in [0.1, 0.15) is 11.9 Å². The zero-order valence-corrected chi connectivity index (χ0v) is 16.7. The van der Waals surface area contributed by atoms with Crippen LogP contribution in [-0.2, 0) is 17.8 Å². The van der Waals surface area contributed by atoms with Crippen LogP contribution >= 0.6 is 0 Å². The first kappa shape index (κ1) is 19.9. The zero-order chi connectivity index (χ0) is 19.8. The highest BCUT2D eigenvalue weighted by Gasteiger charge is 2.18. The summed E-state index contributed by atoms with van der Waals surface area (Å²) < 4.78 is 16.9. The highest BCUT2D eigenvalue weighted by molar-refractivity contribution is 5.79. The molecule has 1 aliphatic rings. The fourth-order valence-corrected chi connectivity index (χ4v) is 3.02. The maximum atomic E-state index is 6.16. The topological polar surface area (TPSA) is 77.0 Å². The molecule has 1 fully saturated rings. The van der Waals surface area contributed by atoms with Gasteiger partial charge in [0.15, 0.2) is 5.96 Å². The van der Waals surface area contributed by atoms with Gasteiger partial charge in [-0.15, -0.1) is 0 Å². The summed E-state index contributed by atoms with van der Waals surface area (Å²) in [5.41, 5.74) is 3.22. The van der Waals surface area contributed by atoms with Crippen LogP contribution in [0.3, 0.4) is 0 Å². The Morgan fingerprint density at radius 3 is 2.79 bits per heavy atom. The second-order valence-corrected chi connectivity index (χ2v) is 6.67. The van der Waals surface area contributed by atoms with E-state index < -0.39 is 0 Å². The minimum atomic E-state index is 0.121. The van der Waals surface area contributed by atoms with Crippen molar-refractivity contribution < 1.29 is 14.2 Å². The van der Waals surface area contributed by atoms with E-state index in [2.05, 4.69) is 45.7 Å². The smallest absolute Gasteiger partial charge is 0.218 e. The van der Waals surface area contributed by atoms with E-state index in [1.807, 2.05) is 12.1 Å². The number of hydrogen-bond acceptors (Lipinski definition) is 5. The Kier molecular flexibility index (Phi) is 7.08. The fourth-order valence-electron chi connectivity index (χ4n) is 3.02. The minimum absolute atomic E-state index is 0.121. The Labute approximate surface area is 166 Å². The van der Waals surface area contributed by atoms with Crippen LogP contribution in [0.25, 0.3) is 0 Å². The van der Waals surface area contributed by atoms with Crippen LogP contribution < -0.4 is 20.1 Å². The summed E-state index contributed by atoms with van der Waals surface area (Å²) >= 11 is 0. The van der Waals surface area contributed by atoms with Crippen molar-refractivity contribution in [2.24, 2.45) is 4.99 Å². The van der Waals surface area contributed by atoms with Crippen molar-refractivity contribution in [3.8, 4) is 11.6 Å². The van der Waals surface area contributed by atoms with E-state index >= 15 is 0 Å². The van der Waals surface area contributed by atoms with Crippen LogP contribution in [0, 0.1) is 6.92 Å². The molecule has 1 saturated heterocycles. The van der Waals surface area contributed by atoms with Crippen molar-refractivity contribution in [1.82, 2.24) is 15.6 Å². The number of aliphatic imine (C=N–C) groups is 1. The molecule has 1 aliphatic heterocycles. The number of hydrogen-bond donors (Lipinski definition) is 2. The first-order valence-corrected chi connectivity index (χ1v) is 9.46. The van der Waals surface area contributed by atoms with Gasteiger partial charge >= 0.3 is 0 Å². The van der Waals surface area contributed by atoms with Gasteiger partial charge in [-0.3, -0.25) is 4.99 Å². The molecule has 1 aromatic carbocycles. The summed E-state index contributed by atoms with van der Waals surface area (Å²) in [6.45, 7) is 4.65. The SMILES string of the molecule is CN=C(NCc1ccc(C)cc1OC1CCOC1)NCc1cccnc1OC. The van der Waals surface area contributed by atoms with Gasteiger partial charge in [-0.2, -0.15) is 0 Å². The Hall–Kier alpha value is -2.80. The second kappa shape index (κ2) is 9.94. The quantitative estimate of drug-likeness (QED) is 0.564. The highest BCUT2D eigenvalue weighted by Crippen LogP contribution is 2.23. The molecule has 0 spiro atoms. The third kappa shape index (κ3) is 5.36. The summed E-state index contributed by atoms with van der Waals surface area (Å²) in [5.74, 6) is 2.20. The normalized spacial score (nSPS) is 16.7. The fraction of sp³-hybridized carbons (Fsp3) is 0.429. The third-order valence-corrected chi connectivity index (χ3v) is 4.56. The molecule has 0 aliphatic carbocycles. The van der Waals surface area contributed by atoms with Gasteiger partial charge in [0.25, 0.3) is 0 Å². The van der Waals surface area contributed by atoms with Gasteiger partial charge in [0.05, 0.1) is 20.3 Å². The molecule has 0 amide bonds. The lowest BCUT2D eigenvalue weighted by atomic mass is 10.1. The number of pyridine rings is 1. The molecule has 1 unspecified atom stereocenters. The average Bonchev–Trinajstić information content (AvgIpc) is 3.22. The number of nitrogens with zero attached hydrogens (tertiary/aromatic N) is 2. The Morgan fingerprint density at radius 2 is 2.07 bits per heavy atom. The van der Waals surface area contributed by atoms with Crippen molar-refractivity contribution in [1.29, 1.82) is 0 Å². The summed E-state index contributed by atoms with van der Waals surface area (Å²) in [6, 6.07) is 10.1. The van der Waals surface area contributed by atoms with Gasteiger partial charge in [0.2, 0.25) is 5.88 Å². The molecule has 1 aromatic heterocycles. The van der Waals surface area contributed by atoms with E-state index in [0.717, 1.165) is 29.9 Å². The molecule has 2 heterocycles. The van der Waals surface area contributed by atoms with Crippen LogP contribution in [0.15, 0.2) is 41.5 Å². The summed E-state index contributed by atoms with van der Waals surface area (Å²) in [5, 5.41) is 6.64. The van der Waals surface area contributed by atoms with Crippen molar-refractivity contribution in [2.75, 3.05) is 27.4 Å². The second-order valence-electron chi connectivity index (χ2n) is 6.67. The number of aryl methyl sites for hydroxylation is 1. The predicted octanol–water partition coefficient (Wildman–Crippen LogP) is 2.43. The maximum absolute atomic E-state index is 6.16. The van der Waals surface area contributed by atoms with Gasteiger partial charge in [-0.25, -0.2) is 4.98 Å². The molecule has 28 heavy (non-hydrogen) atoms. The molecule has 150 valence electrons. The largest absolute Gasteiger partial charge is 0.488 e. The number of ether oxygens (including phenoxy) is 3. The molecule has 0 radical (unpaired) electrons. The molecule has 0 saturated carbocycles. The van der Waals surface area contributed by atoms with Gasteiger partial charge in [0, 0.05) is 43.9 Å². The average molecular weight is 384 g/mol. The Balaban J connectivity index is 1.60. The van der Waals surface area contributed by atoms with Crippen LogP contribution in [0.2, 0.25) is 0 Å². The van der Waals surface area contributed by atoms with E-state index in [-0.39, 0.29) is 6.10 Å². The lowest BCUT2D eigenvalue weighted by molar-refractivity contribution is 0.140. The van der Waals surface area contributed by atoms with E-state index in [1.54, 1.807) is 20.4 Å². The molecule has 3 rings (SSSR count). The van der Waals surface area contributed by atoms with E-state index in [0.29, 0.717) is 31.5 Å². The maximum Gasteiger partial charge on any atom is 0.218 e. The molecule has 7 heteroatoms. The first-order chi connectivity index (χ1) is 13.7. The molecule has 7 nitrogen and oxygen atoms in total. The van der Waals surface area contributed by atoms with E-state index in [4.69, 9.17) is 14.2 Å². The number of aromatic nitrogens is 1. The molecular formula is C21H28N4O3. The molecule has 0 bridgehead atoms. The number of methoxy groups -OCH3 is 1. The zero-order valence-electron chi connectivity index (χ0n) is 16.7. The third-order valence-electron chi connectivity index (χ3n) is 4.56. The number of rotatable bonds is 7. The number of guanidine groups is 1. The minimum Gasteiger partial charge on any atom is -0.488 e. The van der Waals surface area contributed by atoms with Crippen molar-refractivity contribution in [3.05, 3.63) is 53.2 Å². The summed E-state index contributed by atoms with van der Waals surface area (Å²) in [4.78, 5) is 8.51. The van der Waals surface area contributed by atoms with E-state index in [9.17, 15) is 0 Å². The predicted molar refractivity (Wildman–Crippen MR) is 109 cm³/mol. The van der Waals surface area contributed by atoms with E-state index in [1.165, 1.54) is 5.56 Å². The van der Waals surface area contributed by atoms with Crippen molar-refractivity contribution in [3.63, 3.8) is 0 Å². The molecule has 2 aromatic rings. The van der Waals surface area contributed by atoms with Gasteiger partial charge < -0.3 is 24.8 Å². The standard InChI is InChI=1S/C21H28N4O3/c1-15-6-7-16(19(11-15)28-18-8-10-27-14-18)12-24-21(22-2)25-13-17-5-4-9-23-20(17)26-3/h4-7,9,11,18H,8,10,12-14H2,1-3H3,(H2,22,24,25). The van der Waals surface area contributed by atoms with Crippen LogP contribution in [-0.4, -0.2) is 44.4 Å². The molecular weight excluding hydrogens is 356 g/mol. The lowest BCUT2D eigenvalue weighted by Crippen LogP contribution is -2.36. The van der Waals surface area contributed by atoms with Gasteiger partial charge in [-0.1, -0.05) is 18.2 Å². The number of nitrogens with one attached hydrogen (secondary N) is 2. The van der Waals surface area contributed by atoms with Crippen molar-refractivity contribution >= 4 is 5.96 Å². The first-order valence-electron chi connectivity index (χ1n) is 9.46. The monoisotopic (exact) mass is 384 g/mol. The highest BCUT2D eigenvalue weighted by atomic mass is 16.5. The molecule has 2 N–H and O–H groups in total. The van der Waals surface area contributed by atoms with Crippen LogP contribution in [0.5, 0.6) is 11.6 Å². The summed E-state index contributed by atoms with van der Waals surface area (Å²) in [7, 11) is 3.37. The Bertz CT molecular complexity index is 804.